The van der Waals surface area contributed by atoms with E-state index in [-0.39, 0.29) is 5.97 Å². The van der Waals surface area contributed by atoms with Crippen molar-refractivity contribution in [2.45, 2.75) is 13.3 Å². The standard InChI is InChI=1S/C9H16O5S2/c1-3-13-9(11)14-5-7-16-15-6-4-8(10)12-2/h3-7H2,1-2H3. The fourth-order valence-corrected chi connectivity index (χ4v) is 2.46. The summed E-state index contributed by atoms with van der Waals surface area (Å²) in [5, 5.41) is 0. The first-order valence-electron chi connectivity index (χ1n) is 4.81. The van der Waals surface area contributed by atoms with Crippen molar-refractivity contribution in [2.24, 2.45) is 0 Å². The average Bonchev–Trinajstić information content (AvgIpc) is 2.27. The zero-order chi connectivity index (χ0) is 12.2. The normalized spacial score (nSPS) is 9.62. The molecule has 0 spiro atoms. The Morgan fingerprint density at radius 2 is 1.81 bits per heavy atom. The Morgan fingerprint density at radius 1 is 1.12 bits per heavy atom. The molecule has 7 heteroatoms. The first kappa shape index (κ1) is 15.4. The van der Waals surface area contributed by atoms with Crippen LogP contribution in [0.1, 0.15) is 13.3 Å². The van der Waals surface area contributed by atoms with Gasteiger partial charge in [-0.05, 0) is 6.92 Å². The molecule has 0 aliphatic rings. The minimum absolute atomic E-state index is 0.212. The highest BCUT2D eigenvalue weighted by atomic mass is 33.1. The fourth-order valence-electron chi connectivity index (χ4n) is 0.663. The Kier molecular flexibility index (Phi) is 10.6. The van der Waals surface area contributed by atoms with E-state index in [1.54, 1.807) is 28.5 Å². The smallest absolute Gasteiger partial charge is 0.469 e. The molecule has 0 aromatic rings. The third-order valence-corrected chi connectivity index (χ3v) is 3.72. The second-order valence-corrected chi connectivity index (χ2v) is 5.20. The van der Waals surface area contributed by atoms with E-state index in [9.17, 15) is 9.59 Å². The molecule has 0 aliphatic heterocycles. The lowest BCUT2D eigenvalue weighted by Gasteiger charge is -2.03. The van der Waals surface area contributed by atoms with E-state index in [2.05, 4.69) is 9.47 Å². The van der Waals surface area contributed by atoms with Gasteiger partial charge < -0.3 is 14.2 Å². The minimum Gasteiger partial charge on any atom is -0.469 e. The highest BCUT2D eigenvalue weighted by Crippen LogP contribution is 2.21. The largest absolute Gasteiger partial charge is 0.508 e. The molecular weight excluding hydrogens is 252 g/mol. The number of esters is 1. The lowest BCUT2D eigenvalue weighted by atomic mass is 10.5. The van der Waals surface area contributed by atoms with Crippen molar-refractivity contribution in [3.05, 3.63) is 0 Å². The van der Waals surface area contributed by atoms with Crippen LogP contribution in [-0.2, 0) is 19.0 Å². The number of carbonyl (C=O) groups is 2. The Balaban J connectivity index is 3.15. The van der Waals surface area contributed by atoms with Crippen molar-refractivity contribution in [1.82, 2.24) is 0 Å². The number of hydrogen-bond donors (Lipinski definition) is 0. The van der Waals surface area contributed by atoms with E-state index in [0.29, 0.717) is 31.1 Å². The third-order valence-electron chi connectivity index (χ3n) is 1.35. The summed E-state index contributed by atoms with van der Waals surface area (Å²) >= 11 is 0. The van der Waals surface area contributed by atoms with E-state index in [1.807, 2.05) is 0 Å². The lowest BCUT2D eigenvalue weighted by molar-refractivity contribution is -0.140. The molecule has 0 N–H and O–H groups in total. The molecule has 16 heavy (non-hydrogen) atoms. The Morgan fingerprint density at radius 3 is 2.44 bits per heavy atom. The molecule has 94 valence electrons. The fraction of sp³-hybridized carbons (Fsp3) is 0.778. The average molecular weight is 268 g/mol. The molecule has 0 fully saturated rings. The van der Waals surface area contributed by atoms with Gasteiger partial charge in [0.25, 0.3) is 0 Å². The van der Waals surface area contributed by atoms with Crippen LogP contribution in [0.15, 0.2) is 0 Å². The van der Waals surface area contributed by atoms with Crippen LogP contribution in [0, 0.1) is 0 Å². The number of rotatable bonds is 8. The molecule has 0 aromatic carbocycles. The van der Waals surface area contributed by atoms with Crippen LogP contribution in [0.25, 0.3) is 0 Å². The van der Waals surface area contributed by atoms with Crippen molar-refractivity contribution in [1.29, 1.82) is 0 Å². The summed E-state index contributed by atoms with van der Waals surface area (Å²) < 4.78 is 13.8. The molecule has 0 bridgehead atoms. The van der Waals surface area contributed by atoms with Gasteiger partial charge in [-0.1, -0.05) is 21.6 Å². The first-order valence-corrected chi connectivity index (χ1v) is 7.30. The van der Waals surface area contributed by atoms with Crippen LogP contribution in [0.3, 0.4) is 0 Å². The summed E-state index contributed by atoms with van der Waals surface area (Å²) in [4.78, 5) is 21.5. The van der Waals surface area contributed by atoms with Gasteiger partial charge >= 0.3 is 12.1 Å². The van der Waals surface area contributed by atoms with Gasteiger partial charge in [0.15, 0.2) is 0 Å². The van der Waals surface area contributed by atoms with Gasteiger partial charge in [0.05, 0.1) is 20.1 Å². The van der Waals surface area contributed by atoms with Gasteiger partial charge in [-0.3, -0.25) is 4.79 Å². The number of hydrogen-bond acceptors (Lipinski definition) is 7. The topological polar surface area (TPSA) is 61.8 Å². The van der Waals surface area contributed by atoms with E-state index in [1.165, 1.54) is 7.11 Å². The van der Waals surface area contributed by atoms with E-state index in [0.717, 1.165) is 0 Å². The van der Waals surface area contributed by atoms with E-state index >= 15 is 0 Å². The Bertz CT molecular complexity index is 210. The summed E-state index contributed by atoms with van der Waals surface area (Å²) in [5.41, 5.74) is 0. The maximum atomic E-state index is 10.7. The van der Waals surface area contributed by atoms with Crippen LogP contribution in [0.2, 0.25) is 0 Å². The molecule has 0 unspecified atom stereocenters. The van der Waals surface area contributed by atoms with Gasteiger partial charge in [-0.25, -0.2) is 4.79 Å². The molecule has 0 amide bonds. The summed E-state index contributed by atoms with van der Waals surface area (Å²) in [7, 11) is 4.46. The van der Waals surface area contributed by atoms with Crippen molar-refractivity contribution >= 4 is 33.7 Å². The second kappa shape index (κ2) is 10.9. The van der Waals surface area contributed by atoms with Gasteiger partial charge in [-0.15, -0.1) is 0 Å². The van der Waals surface area contributed by atoms with Crippen molar-refractivity contribution in [3.63, 3.8) is 0 Å². The summed E-state index contributed by atoms with van der Waals surface area (Å²) in [6.07, 6.45) is -0.241. The molecule has 0 aliphatic carbocycles. The van der Waals surface area contributed by atoms with Gasteiger partial charge in [0.2, 0.25) is 0 Å². The SMILES string of the molecule is CCOC(=O)OCCSSCCC(=O)OC. The van der Waals surface area contributed by atoms with Crippen molar-refractivity contribution < 1.29 is 23.8 Å². The van der Waals surface area contributed by atoms with E-state index < -0.39 is 6.16 Å². The van der Waals surface area contributed by atoms with Gasteiger partial charge in [0.1, 0.15) is 6.61 Å². The maximum Gasteiger partial charge on any atom is 0.508 e. The predicted molar refractivity (Wildman–Crippen MR) is 64.5 cm³/mol. The summed E-state index contributed by atoms with van der Waals surface area (Å²) in [6, 6.07) is 0. The number of ether oxygens (including phenoxy) is 3. The molecule has 0 aromatic heterocycles. The zero-order valence-electron chi connectivity index (χ0n) is 9.39. The Hall–Kier alpha value is -0.560. The summed E-state index contributed by atoms with van der Waals surface area (Å²) in [5.74, 6) is 1.15. The van der Waals surface area contributed by atoms with Crippen molar-refractivity contribution in [3.8, 4) is 0 Å². The van der Waals surface area contributed by atoms with E-state index in [4.69, 9.17) is 4.74 Å². The first-order chi connectivity index (χ1) is 7.70. The van der Waals surface area contributed by atoms with Crippen molar-refractivity contribution in [2.75, 3.05) is 31.8 Å². The highest BCUT2D eigenvalue weighted by molar-refractivity contribution is 8.76. The Labute approximate surface area is 103 Å². The highest BCUT2D eigenvalue weighted by Gasteiger charge is 2.02. The predicted octanol–water partition coefficient (Wildman–Crippen LogP) is 2.10. The molecule has 0 saturated carbocycles. The lowest BCUT2D eigenvalue weighted by Crippen LogP contribution is -2.09. The zero-order valence-corrected chi connectivity index (χ0v) is 11.0. The van der Waals surface area contributed by atoms with Gasteiger partial charge in [0, 0.05) is 11.5 Å². The van der Waals surface area contributed by atoms with Crippen LogP contribution >= 0.6 is 21.6 Å². The number of methoxy groups -OCH3 is 1. The molecule has 0 saturated heterocycles. The quantitative estimate of drug-likeness (QED) is 0.379. The molecule has 0 radical (unpaired) electrons. The van der Waals surface area contributed by atoms with Crippen LogP contribution in [0.4, 0.5) is 4.79 Å². The maximum absolute atomic E-state index is 10.7. The van der Waals surface area contributed by atoms with Gasteiger partial charge in [-0.2, -0.15) is 0 Å². The van der Waals surface area contributed by atoms with Crippen LogP contribution < -0.4 is 0 Å². The third kappa shape index (κ3) is 9.97. The van der Waals surface area contributed by atoms with Crippen LogP contribution in [0.5, 0.6) is 0 Å². The number of carbonyl (C=O) groups excluding carboxylic acids is 2. The molecule has 5 nitrogen and oxygen atoms in total. The molecule has 0 rings (SSSR count). The monoisotopic (exact) mass is 268 g/mol. The minimum atomic E-state index is -0.636. The second-order valence-electron chi connectivity index (χ2n) is 2.50. The molecule has 0 atom stereocenters. The molecule has 0 heterocycles. The van der Waals surface area contributed by atoms with Crippen LogP contribution in [-0.4, -0.2) is 44.0 Å². The summed E-state index contributed by atoms with van der Waals surface area (Å²) in [6.45, 7) is 2.35. The molecular formula is C9H16O5S2.